The Morgan fingerprint density at radius 1 is 0.700 bits per heavy atom. The van der Waals surface area contributed by atoms with Gasteiger partial charge >= 0.3 is 0 Å². The van der Waals surface area contributed by atoms with Crippen LogP contribution in [0.15, 0.2) is 18.2 Å². The summed E-state index contributed by atoms with van der Waals surface area (Å²) in [7, 11) is 0. The van der Waals surface area contributed by atoms with Gasteiger partial charge in [-0.05, 0) is 25.0 Å². The van der Waals surface area contributed by atoms with Crippen LogP contribution in [-0.2, 0) is 22.7 Å². The van der Waals surface area contributed by atoms with Crippen molar-refractivity contribution in [2.75, 3.05) is 0 Å². The first-order valence-corrected chi connectivity index (χ1v) is 10.1. The predicted molar refractivity (Wildman–Crippen MR) is 107 cm³/mol. The van der Waals surface area contributed by atoms with Gasteiger partial charge in [-0.15, -0.1) is 0 Å². The molecule has 11 nitrogen and oxygen atoms in total. The van der Waals surface area contributed by atoms with E-state index >= 15 is 0 Å². The number of pyridine rings is 1. The Labute approximate surface area is 175 Å². The summed E-state index contributed by atoms with van der Waals surface area (Å²) in [5, 5.41) is 40.3. The van der Waals surface area contributed by atoms with E-state index in [0.717, 1.165) is 0 Å². The van der Waals surface area contributed by atoms with Crippen LogP contribution < -0.4 is 22.9 Å². The molecule has 2 fully saturated rings. The molecule has 10 atom stereocenters. The molecule has 170 valence electrons. The van der Waals surface area contributed by atoms with E-state index in [1.165, 1.54) is 0 Å². The van der Waals surface area contributed by atoms with Crippen molar-refractivity contribution in [3.05, 3.63) is 29.6 Å². The van der Waals surface area contributed by atoms with Crippen molar-refractivity contribution in [1.29, 1.82) is 0 Å². The Balaban J connectivity index is 1.56. The molecule has 0 unspecified atom stereocenters. The molecule has 12 N–H and O–H groups in total. The van der Waals surface area contributed by atoms with Gasteiger partial charge in [0, 0.05) is 24.2 Å². The van der Waals surface area contributed by atoms with Crippen LogP contribution in [0.1, 0.15) is 24.2 Å². The number of rotatable bonds is 6. The van der Waals surface area contributed by atoms with Crippen LogP contribution >= 0.6 is 0 Å². The second-order valence-electron chi connectivity index (χ2n) is 8.26. The van der Waals surface area contributed by atoms with E-state index in [9.17, 15) is 20.4 Å². The number of aliphatic hydroxyl groups is 4. The van der Waals surface area contributed by atoms with Crippen molar-refractivity contribution in [3.8, 4) is 0 Å². The lowest BCUT2D eigenvalue weighted by atomic mass is 9.85. The lowest BCUT2D eigenvalue weighted by Crippen LogP contribution is -2.61. The van der Waals surface area contributed by atoms with E-state index < -0.39 is 60.8 Å². The number of aromatic nitrogens is 1. The van der Waals surface area contributed by atoms with Crippen molar-refractivity contribution in [3.63, 3.8) is 0 Å². The third-order valence-electron chi connectivity index (χ3n) is 5.89. The van der Waals surface area contributed by atoms with Crippen LogP contribution in [0.3, 0.4) is 0 Å². The quantitative estimate of drug-likeness (QED) is 0.222. The van der Waals surface area contributed by atoms with Crippen LogP contribution in [0, 0.1) is 0 Å². The third kappa shape index (κ3) is 5.14. The summed E-state index contributed by atoms with van der Waals surface area (Å²) in [4.78, 5) is 4.44. The van der Waals surface area contributed by atoms with E-state index in [-0.39, 0.29) is 13.2 Å². The van der Waals surface area contributed by atoms with Gasteiger partial charge < -0.3 is 52.8 Å². The van der Waals surface area contributed by atoms with Gasteiger partial charge in [0.15, 0.2) is 0 Å². The zero-order chi connectivity index (χ0) is 22.0. The summed E-state index contributed by atoms with van der Waals surface area (Å²) in [5.74, 6) is 0. The number of nitrogens with two attached hydrogens (primary N) is 4. The second-order valence-corrected chi connectivity index (χ2v) is 8.26. The second kappa shape index (κ2) is 9.92. The highest BCUT2D eigenvalue weighted by Crippen LogP contribution is 2.23. The molecule has 0 saturated heterocycles. The Morgan fingerprint density at radius 2 is 1.10 bits per heavy atom. The van der Waals surface area contributed by atoms with E-state index in [4.69, 9.17) is 32.4 Å². The first-order valence-electron chi connectivity index (χ1n) is 10.1. The Hall–Kier alpha value is -1.25. The van der Waals surface area contributed by atoms with Crippen LogP contribution in [-0.4, -0.2) is 86.2 Å². The van der Waals surface area contributed by atoms with Crippen molar-refractivity contribution < 1.29 is 29.9 Å². The third-order valence-corrected chi connectivity index (χ3v) is 5.89. The lowest BCUT2D eigenvalue weighted by molar-refractivity contribution is -0.133. The first kappa shape index (κ1) is 23.4. The zero-order valence-corrected chi connectivity index (χ0v) is 16.7. The molecule has 0 spiro atoms. The molecule has 1 aromatic heterocycles. The molecular weight excluding hydrogens is 394 g/mol. The Kier molecular flexibility index (Phi) is 7.74. The van der Waals surface area contributed by atoms with E-state index in [0.29, 0.717) is 24.2 Å². The fourth-order valence-electron chi connectivity index (χ4n) is 4.07. The average molecular weight is 428 g/mol. The van der Waals surface area contributed by atoms with Crippen molar-refractivity contribution in [1.82, 2.24) is 4.98 Å². The smallest absolute Gasteiger partial charge is 0.109 e. The Bertz CT molecular complexity index is 646. The van der Waals surface area contributed by atoms with Gasteiger partial charge in [-0.1, -0.05) is 6.07 Å². The first-order chi connectivity index (χ1) is 14.2. The summed E-state index contributed by atoms with van der Waals surface area (Å²) >= 11 is 0. The SMILES string of the molecule is N[C@@H]1C[C@H](N)[C@@H](OCc2cccc(CO[C@H]3[C@H](O)[C@@H](O)[C@H](N)C[C@@H]3N)n2)[C@H](O)[C@H]1O. The minimum absolute atomic E-state index is 0.0738. The molecular formula is C19H33N5O6. The molecule has 11 heteroatoms. The van der Waals surface area contributed by atoms with Gasteiger partial charge in [0.25, 0.3) is 0 Å². The molecule has 0 radical (unpaired) electrons. The number of hydrogen-bond donors (Lipinski definition) is 8. The maximum Gasteiger partial charge on any atom is 0.109 e. The van der Waals surface area contributed by atoms with Crippen LogP contribution in [0.25, 0.3) is 0 Å². The van der Waals surface area contributed by atoms with Crippen LogP contribution in [0.2, 0.25) is 0 Å². The van der Waals surface area contributed by atoms with Gasteiger partial charge in [0.1, 0.15) is 24.4 Å². The van der Waals surface area contributed by atoms with Gasteiger partial charge in [0.05, 0.1) is 36.8 Å². The van der Waals surface area contributed by atoms with Gasteiger partial charge in [-0.2, -0.15) is 0 Å². The minimum Gasteiger partial charge on any atom is -0.389 e. The van der Waals surface area contributed by atoms with Crippen molar-refractivity contribution in [2.24, 2.45) is 22.9 Å². The van der Waals surface area contributed by atoms with Gasteiger partial charge in [-0.3, -0.25) is 4.98 Å². The molecule has 0 bridgehead atoms. The predicted octanol–water partition coefficient (Wildman–Crippen LogP) is -3.59. The van der Waals surface area contributed by atoms with Gasteiger partial charge in [0.2, 0.25) is 0 Å². The topological polar surface area (TPSA) is 216 Å². The zero-order valence-electron chi connectivity index (χ0n) is 16.7. The standard InChI is InChI=1S/C19H33N5O6/c20-10-4-12(22)18(16(27)14(10)25)29-6-8-2-1-3-9(24-8)7-30-19-13(23)5-11(21)15(26)17(19)28/h1-3,10-19,25-28H,4-7,20-23H2/t10-,11-,12+,13+,14+,15+,16-,17-,18-,19-/m1/s1. The summed E-state index contributed by atoms with van der Waals surface area (Å²) in [6.45, 7) is 0.148. The maximum absolute atomic E-state index is 10.2. The highest BCUT2D eigenvalue weighted by atomic mass is 16.5. The molecule has 1 heterocycles. The monoisotopic (exact) mass is 427 g/mol. The summed E-state index contributed by atoms with van der Waals surface area (Å²) in [6.07, 6.45) is -5.41. The average Bonchev–Trinajstić information content (AvgIpc) is 2.70. The highest BCUT2D eigenvalue weighted by Gasteiger charge is 2.42. The summed E-state index contributed by atoms with van der Waals surface area (Å²) in [5.41, 5.74) is 24.7. The van der Waals surface area contributed by atoms with E-state index in [1.807, 2.05) is 0 Å². The maximum atomic E-state index is 10.2. The van der Waals surface area contributed by atoms with Crippen LogP contribution in [0.5, 0.6) is 0 Å². The van der Waals surface area contributed by atoms with Crippen LogP contribution in [0.4, 0.5) is 0 Å². The largest absolute Gasteiger partial charge is 0.389 e. The molecule has 1 aromatic rings. The molecule has 0 aliphatic heterocycles. The number of nitrogens with zero attached hydrogens (tertiary/aromatic N) is 1. The summed E-state index contributed by atoms with van der Waals surface area (Å²) in [6, 6.07) is 3.07. The molecule has 0 aromatic carbocycles. The number of ether oxygens (including phenoxy) is 2. The lowest BCUT2D eigenvalue weighted by Gasteiger charge is -2.39. The number of aliphatic hydroxyl groups excluding tert-OH is 4. The normalized spacial score (nSPS) is 42.3. The number of hydrogen-bond acceptors (Lipinski definition) is 11. The molecule has 2 saturated carbocycles. The van der Waals surface area contributed by atoms with Crippen molar-refractivity contribution in [2.45, 2.75) is 86.8 Å². The summed E-state index contributed by atoms with van der Waals surface area (Å²) < 4.78 is 11.4. The molecule has 0 amide bonds. The fraction of sp³-hybridized carbons (Fsp3) is 0.737. The minimum atomic E-state index is -1.18. The molecule has 30 heavy (non-hydrogen) atoms. The van der Waals surface area contributed by atoms with E-state index in [1.54, 1.807) is 18.2 Å². The molecule has 3 rings (SSSR count). The fourth-order valence-corrected chi connectivity index (χ4v) is 4.07. The van der Waals surface area contributed by atoms with Crippen molar-refractivity contribution >= 4 is 0 Å². The molecule has 2 aliphatic rings. The highest BCUT2D eigenvalue weighted by molar-refractivity contribution is 5.11. The van der Waals surface area contributed by atoms with Gasteiger partial charge in [-0.25, -0.2) is 0 Å². The Morgan fingerprint density at radius 3 is 1.50 bits per heavy atom. The van der Waals surface area contributed by atoms with E-state index in [2.05, 4.69) is 4.98 Å². The molecule has 2 aliphatic carbocycles.